The van der Waals surface area contributed by atoms with Crippen molar-refractivity contribution in [3.63, 3.8) is 0 Å². The van der Waals surface area contributed by atoms with Crippen LogP contribution in [-0.2, 0) is 14.3 Å². The van der Waals surface area contributed by atoms with Crippen LogP contribution in [0.1, 0.15) is 69.7 Å². The van der Waals surface area contributed by atoms with Crippen molar-refractivity contribution in [2.45, 2.75) is 71.4 Å². The van der Waals surface area contributed by atoms with Gasteiger partial charge >= 0.3 is 5.97 Å². The zero-order valence-corrected chi connectivity index (χ0v) is 20.2. The molecule has 1 aromatic rings. The molecule has 31 heavy (non-hydrogen) atoms. The van der Waals surface area contributed by atoms with Crippen LogP contribution < -0.4 is 10.1 Å². The molecule has 1 aliphatic heterocycles. The van der Waals surface area contributed by atoms with E-state index in [1.807, 2.05) is 6.92 Å². The minimum atomic E-state index is -0.883. The van der Waals surface area contributed by atoms with Gasteiger partial charge in [-0.15, -0.1) is 0 Å². The Hall–Kier alpha value is -2.09. The Morgan fingerprint density at radius 1 is 1.26 bits per heavy atom. The number of rotatable bonds is 11. The van der Waals surface area contributed by atoms with Gasteiger partial charge in [0.1, 0.15) is 11.8 Å². The van der Waals surface area contributed by atoms with Gasteiger partial charge in [0, 0.05) is 18.7 Å². The molecule has 2 rings (SSSR count). The first-order chi connectivity index (χ1) is 14.9. The van der Waals surface area contributed by atoms with Gasteiger partial charge in [0.2, 0.25) is 5.91 Å². The number of piperazine rings is 1. The number of carbonyl (C=O) groups is 3. The van der Waals surface area contributed by atoms with E-state index < -0.39 is 12.0 Å². The predicted octanol–water partition coefficient (Wildman–Crippen LogP) is 4.08. The van der Waals surface area contributed by atoms with E-state index in [1.54, 1.807) is 25.1 Å². The van der Waals surface area contributed by atoms with Gasteiger partial charge in [0.15, 0.2) is 0 Å². The number of nitrogens with zero attached hydrogens (tertiary/aromatic N) is 1. The predicted molar refractivity (Wildman–Crippen MR) is 122 cm³/mol. The number of nitrogens with one attached hydrogen (secondary N) is 1. The lowest BCUT2D eigenvalue weighted by Crippen LogP contribution is -2.57. The minimum Gasteiger partial charge on any atom is -0.492 e. The highest BCUT2D eigenvalue weighted by Crippen LogP contribution is 2.27. The van der Waals surface area contributed by atoms with Gasteiger partial charge in [-0.3, -0.25) is 14.4 Å². The lowest BCUT2D eigenvalue weighted by Gasteiger charge is -2.34. The second-order valence-corrected chi connectivity index (χ2v) is 8.63. The first-order valence-corrected chi connectivity index (χ1v) is 11.9. The third kappa shape index (κ3) is 7.52. The number of hydrogen-bond acceptors (Lipinski definition) is 5. The maximum atomic E-state index is 13.1. The summed E-state index contributed by atoms with van der Waals surface area (Å²) in [4.78, 5) is 39.2. The van der Waals surface area contributed by atoms with Crippen LogP contribution in [0.2, 0.25) is 0 Å². The van der Waals surface area contributed by atoms with Crippen molar-refractivity contribution in [3.8, 4) is 5.75 Å². The molecular weight excluding hydrogens is 464 g/mol. The molecule has 1 fully saturated rings. The molecular formula is C23H33BrN2O5. The van der Waals surface area contributed by atoms with E-state index >= 15 is 0 Å². The number of benzene rings is 1. The van der Waals surface area contributed by atoms with Gasteiger partial charge in [0.05, 0.1) is 23.6 Å². The second-order valence-electron chi connectivity index (χ2n) is 7.77. The first kappa shape index (κ1) is 25.2. The summed E-state index contributed by atoms with van der Waals surface area (Å²) in [6.45, 7) is 7.18. The van der Waals surface area contributed by atoms with Crippen molar-refractivity contribution >= 4 is 33.7 Å². The summed E-state index contributed by atoms with van der Waals surface area (Å²) in [7, 11) is 0. The molecule has 1 saturated heterocycles. The van der Waals surface area contributed by atoms with Gasteiger partial charge in [-0.25, -0.2) is 0 Å². The van der Waals surface area contributed by atoms with Gasteiger partial charge in [-0.05, 0) is 53.9 Å². The van der Waals surface area contributed by atoms with Crippen LogP contribution >= 0.6 is 15.9 Å². The molecule has 1 aliphatic rings. The highest BCUT2D eigenvalue weighted by atomic mass is 79.9. The fourth-order valence-electron chi connectivity index (χ4n) is 3.30. The standard InChI is InChI=1S/C23H33BrN2O5/c1-4-6-7-8-13-30-20-10-9-17(14-18(20)24)23(29)26-12-11-25-22(28)19(26)15-21(27)31-16(3)5-2/h9-10,14,16,19H,4-8,11-13,15H2,1-3H3,(H,25,28). The Morgan fingerprint density at radius 2 is 2.03 bits per heavy atom. The van der Waals surface area contributed by atoms with E-state index in [-0.39, 0.29) is 24.3 Å². The summed E-state index contributed by atoms with van der Waals surface area (Å²) in [5.41, 5.74) is 0.431. The van der Waals surface area contributed by atoms with Crippen LogP contribution in [0.4, 0.5) is 0 Å². The number of hydrogen-bond donors (Lipinski definition) is 1. The van der Waals surface area contributed by atoms with E-state index in [1.165, 1.54) is 17.7 Å². The van der Waals surface area contributed by atoms with Crippen molar-refractivity contribution in [2.24, 2.45) is 0 Å². The van der Waals surface area contributed by atoms with Crippen molar-refractivity contribution in [2.75, 3.05) is 19.7 Å². The molecule has 0 saturated carbocycles. The van der Waals surface area contributed by atoms with E-state index in [9.17, 15) is 14.4 Å². The number of esters is 1. The summed E-state index contributed by atoms with van der Waals surface area (Å²) < 4.78 is 11.8. The third-order valence-electron chi connectivity index (χ3n) is 5.29. The van der Waals surface area contributed by atoms with Gasteiger partial charge < -0.3 is 19.7 Å². The van der Waals surface area contributed by atoms with E-state index in [2.05, 4.69) is 28.2 Å². The normalized spacial score (nSPS) is 17.1. The SMILES string of the molecule is CCCCCCOc1ccc(C(=O)N2CCNC(=O)C2CC(=O)OC(C)CC)cc1Br. The molecule has 0 aromatic heterocycles. The van der Waals surface area contributed by atoms with Gasteiger partial charge in [-0.2, -0.15) is 0 Å². The van der Waals surface area contributed by atoms with Gasteiger partial charge in [-0.1, -0.05) is 33.1 Å². The summed E-state index contributed by atoms with van der Waals surface area (Å²) in [6, 6.07) is 4.26. The Labute approximate surface area is 193 Å². The Bertz CT molecular complexity index is 770. The molecule has 0 aliphatic carbocycles. The van der Waals surface area contributed by atoms with Gasteiger partial charge in [0.25, 0.3) is 5.91 Å². The molecule has 1 N–H and O–H groups in total. The molecule has 8 heteroatoms. The Balaban J connectivity index is 2.05. The number of unbranched alkanes of at least 4 members (excludes halogenated alkanes) is 3. The number of amides is 2. The van der Waals surface area contributed by atoms with E-state index in [0.29, 0.717) is 41.9 Å². The summed E-state index contributed by atoms with van der Waals surface area (Å²) in [5.74, 6) is -0.446. The summed E-state index contributed by atoms with van der Waals surface area (Å²) >= 11 is 3.48. The Morgan fingerprint density at radius 3 is 2.71 bits per heavy atom. The molecule has 0 radical (unpaired) electrons. The molecule has 2 unspecified atom stereocenters. The van der Waals surface area contributed by atoms with Crippen LogP contribution in [0.5, 0.6) is 5.75 Å². The number of ether oxygens (including phenoxy) is 2. The maximum absolute atomic E-state index is 13.1. The molecule has 0 spiro atoms. The lowest BCUT2D eigenvalue weighted by molar-refractivity contribution is -0.151. The van der Waals surface area contributed by atoms with E-state index in [0.717, 1.165) is 12.8 Å². The molecule has 1 aromatic carbocycles. The van der Waals surface area contributed by atoms with Crippen LogP contribution in [0.15, 0.2) is 22.7 Å². The number of halogens is 1. The minimum absolute atomic E-state index is 0.165. The zero-order chi connectivity index (χ0) is 22.8. The summed E-state index contributed by atoms with van der Waals surface area (Å²) in [5, 5.41) is 2.73. The lowest BCUT2D eigenvalue weighted by atomic mass is 10.1. The number of carbonyl (C=O) groups excluding carboxylic acids is 3. The average Bonchev–Trinajstić information content (AvgIpc) is 2.75. The van der Waals surface area contributed by atoms with E-state index in [4.69, 9.17) is 9.47 Å². The summed E-state index contributed by atoms with van der Waals surface area (Å²) in [6.07, 6.45) is 4.77. The highest BCUT2D eigenvalue weighted by molar-refractivity contribution is 9.10. The zero-order valence-electron chi connectivity index (χ0n) is 18.6. The fourth-order valence-corrected chi connectivity index (χ4v) is 3.80. The largest absolute Gasteiger partial charge is 0.492 e. The molecule has 7 nitrogen and oxygen atoms in total. The quantitative estimate of drug-likeness (QED) is 0.368. The molecule has 172 valence electrons. The third-order valence-corrected chi connectivity index (χ3v) is 5.91. The van der Waals surface area contributed by atoms with Crippen LogP contribution in [-0.4, -0.2) is 54.5 Å². The van der Waals surface area contributed by atoms with Crippen molar-refractivity contribution in [1.82, 2.24) is 10.2 Å². The molecule has 2 atom stereocenters. The van der Waals surface area contributed by atoms with Crippen LogP contribution in [0.25, 0.3) is 0 Å². The highest BCUT2D eigenvalue weighted by Gasteiger charge is 2.36. The Kier molecular flexibility index (Phi) is 10.3. The molecule has 1 heterocycles. The monoisotopic (exact) mass is 496 g/mol. The molecule has 2 amide bonds. The van der Waals surface area contributed by atoms with Crippen molar-refractivity contribution < 1.29 is 23.9 Å². The van der Waals surface area contributed by atoms with Crippen molar-refractivity contribution in [1.29, 1.82) is 0 Å². The second kappa shape index (κ2) is 12.7. The first-order valence-electron chi connectivity index (χ1n) is 11.1. The van der Waals surface area contributed by atoms with Crippen LogP contribution in [0, 0.1) is 0 Å². The smallest absolute Gasteiger partial charge is 0.308 e. The fraction of sp³-hybridized carbons (Fsp3) is 0.609. The topological polar surface area (TPSA) is 84.9 Å². The molecule has 0 bridgehead atoms. The average molecular weight is 497 g/mol. The van der Waals surface area contributed by atoms with Crippen LogP contribution in [0.3, 0.4) is 0 Å². The van der Waals surface area contributed by atoms with Crippen molar-refractivity contribution in [3.05, 3.63) is 28.2 Å². The maximum Gasteiger partial charge on any atom is 0.308 e.